The highest BCUT2D eigenvalue weighted by Crippen LogP contribution is 2.28. The van der Waals surface area contributed by atoms with Crippen molar-refractivity contribution < 1.29 is 24.2 Å². The fourth-order valence-corrected chi connectivity index (χ4v) is 3.38. The minimum absolute atomic E-state index is 0.412. The van der Waals surface area contributed by atoms with Crippen LogP contribution in [0.4, 0.5) is 4.79 Å². The Hall–Kier alpha value is -3.12. The predicted octanol–water partition coefficient (Wildman–Crippen LogP) is 2.50. The molecule has 3 amide bonds. The van der Waals surface area contributed by atoms with E-state index in [-0.39, 0.29) is 0 Å². The molecule has 0 spiro atoms. The zero-order valence-corrected chi connectivity index (χ0v) is 20.4. The number of hydrogen-bond acceptors (Lipinski definition) is 6. The number of carbonyl (C=O) groups is 3. The van der Waals surface area contributed by atoms with Crippen LogP contribution >= 0.6 is 0 Å². The van der Waals surface area contributed by atoms with Crippen LogP contribution in [0.25, 0.3) is 0 Å². The maximum Gasteiger partial charge on any atom is 0.408 e. The van der Waals surface area contributed by atoms with Crippen LogP contribution < -0.4 is 10.6 Å². The second-order valence-electron chi connectivity index (χ2n) is 8.86. The van der Waals surface area contributed by atoms with Crippen LogP contribution in [0, 0.1) is 25.2 Å². The molecule has 0 aliphatic rings. The monoisotopic (exact) mass is 460 g/mol. The van der Waals surface area contributed by atoms with Crippen LogP contribution in [0.2, 0.25) is 0 Å². The average Bonchev–Trinajstić information content (AvgIpc) is 2.72. The molecule has 182 valence electrons. The van der Waals surface area contributed by atoms with Gasteiger partial charge in [-0.05, 0) is 57.7 Å². The first-order chi connectivity index (χ1) is 15.5. The van der Waals surface area contributed by atoms with Gasteiger partial charge in [0.15, 0.2) is 0 Å². The molecule has 0 aliphatic carbocycles. The van der Waals surface area contributed by atoms with Crippen molar-refractivity contribution in [2.45, 2.75) is 72.1 Å². The van der Waals surface area contributed by atoms with Gasteiger partial charge in [0.2, 0.25) is 11.8 Å². The molecule has 9 heteroatoms. The largest absolute Gasteiger partial charge is 0.444 e. The molecule has 0 aliphatic heterocycles. The number of nitrogens with one attached hydrogen (secondary N) is 2. The molecule has 1 aromatic rings. The molecule has 9 nitrogen and oxygen atoms in total. The van der Waals surface area contributed by atoms with Gasteiger partial charge in [-0.2, -0.15) is 5.26 Å². The third-order valence-electron chi connectivity index (χ3n) is 4.90. The summed E-state index contributed by atoms with van der Waals surface area (Å²) in [6, 6.07) is 4.93. The fourth-order valence-electron chi connectivity index (χ4n) is 3.38. The molecule has 0 saturated carbocycles. The highest BCUT2D eigenvalue weighted by atomic mass is 16.6. The zero-order valence-electron chi connectivity index (χ0n) is 20.4. The summed E-state index contributed by atoms with van der Waals surface area (Å²) in [6.07, 6.45) is 0.751. The summed E-state index contributed by atoms with van der Waals surface area (Å²) in [7, 11) is 0. The number of carbonyl (C=O) groups excluding carboxylic acids is 3. The maximum absolute atomic E-state index is 13.4. The Morgan fingerprint density at radius 3 is 2.30 bits per heavy atom. The van der Waals surface area contributed by atoms with Crippen molar-refractivity contribution in [2.75, 3.05) is 19.7 Å². The number of unbranched alkanes of at least 4 members (excludes halogenated alkanes) is 1. The molecule has 0 heterocycles. The van der Waals surface area contributed by atoms with Crippen LogP contribution in [-0.4, -0.2) is 59.3 Å². The van der Waals surface area contributed by atoms with E-state index in [0.29, 0.717) is 12.1 Å². The number of ether oxygens (including phenoxy) is 1. The lowest BCUT2D eigenvalue weighted by Crippen LogP contribution is -2.54. The van der Waals surface area contributed by atoms with Crippen LogP contribution in [0.5, 0.6) is 0 Å². The van der Waals surface area contributed by atoms with Gasteiger partial charge in [0.05, 0.1) is 12.7 Å². The number of aryl methyl sites for hydroxylation is 2. The van der Waals surface area contributed by atoms with Gasteiger partial charge in [-0.25, -0.2) is 4.79 Å². The summed E-state index contributed by atoms with van der Waals surface area (Å²) in [5.41, 5.74) is 1.35. The van der Waals surface area contributed by atoms with Gasteiger partial charge in [0.1, 0.15) is 24.2 Å². The van der Waals surface area contributed by atoms with E-state index in [0.717, 1.165) is 28.9 Å². The number of aliphatic hydroxyl groups is 1. The number of amides is 3. The van der Waals surface area contributed by atoms with E-state index in [1.807, 2.05) is 45.0 Å². The molecule has 0 saturated heterocycles. The van der Waals surface area contributed by atoms with Crippen molar-refractivity contribution in [3.8, 4) is 6.07 Å². The van der Waals surface area contributed by atoms with E-state index in [1.54, 1.807) is 20.8 Å². The lowest BCUT2D eigenvalue weighted by Gasteiger charge is -2.33. The molecule has 1 rings (SSSR count). The minimum Gasteiger partial charge on any atom is -0.444 e. The number of nitrogens with zero attached hydrogens (tertiary/aromatic N) is 2. The Kier molecular flexibility index (Phi) is 10.8. The first-order valence-electron chi connectivity index (χ1n) is 11.1. The smallest absolute Gasteiger partial charge is 0.408 e. The molecule has 1 aromatic carbocycles. The van der Waals surface area contributed by atoms with E-state index >= 15 is 0 Å². The summed E-state index contributed by atoms with van der Waals surface area (Å²) < 4.78 is 5.18. The van der Waals surface area contributed by atoms with E-state index in [4.69, 9.17) is 4.74 Å². The second kappa shape index (κ2) is 12.8. The number of rotatable bonds is 10. The number of hydrogen-bond donors (Lipinski definition) is 3. The van der Waals surface area contributed by atoms with Crippen LogP contribution in [-0.2, 0) is 14.3 Å². The quantitative estimate of drug-likeness (QED) is 0.363. The van der Waals surface area contributed by atoms with Gasteiger partial charge in [0.25, 0.3) is 0 Å². The molecule has 0 bridgehead atoms. The van der Waals surface area contributed by atoms with Gasteiger partial charge in [-0.3, -0.25) is 9.59 Å². The Morgan fingerprint density at radius 2 is 1.82 bits per heavy atom. The highest BCUT2D eigenvalue weighted by Gasteiger charge is 2.37. The lowest BCUT2D eigenvalue weighted by molar-refractivity contribution is -0.142. The first kappa shape index (κ1) is 27.9. The van der Waals surface area contributed by atoms with E-state index < -0.39 is 48.7 Å². The second-order valence-corrected chi connectivity index (χ2v) is 8.86. The molecule has 0 aromatic heterocycles. The van der Waals surface area contributed by atoms with Crippen molar-refractivity contribution in [1.29, 1.82) is 5.26 Å². The van der Waals surface area contributed by atoms with Gasteiger partial charge in [0, 0.05) is 6.54 Å². The number of aliphatic hydroxyl groups excluding tert-OH is 1. The molecule has 0 fully saturated rings. The van der Waals surface area contributed by atoms with Crippen molar-refractivity contribution >= 4 is 17.9 Å². The third-order valence-corrected chi connectivity index (χ3v) is 4.90. The van der Waals surface area contributed by atoms with Gasteiger partial charge < -0.3 is 25.4 Å². The number of benzene rings is 1. The molecular formula is C24H36N4O5. The van der Waals surface area contributed by atoms with Gasteiger partial charge >= 0.3 is 6.09 Å². The van der Waals surface area contributed by atoms with E-state index in [1.165, 1.54) is 0 Å². The Balaban J connectivity index is 3.39. The topological polar surface area (TPSA) is 132 Å². The van der Waals surface area contributed by atoms with Crippen molar-refractivity contribution in [2.24, 2.45) is 0 Å². The minimum atomic E-state index is -1.39. The molecule has 0 radical (unpaired) electrons. The zero-order chi connectivity index (χ0) is 25.2. The molecule has 2 unspecified atom stereocenters. The van der Waals surface area contributed by atoms with Gasteiger partial charge in [-0.15, -0.1) is 0 Å². The standard InChI is InChI=1S/C24H36N4O5/c1-7-8-13-26-21(30)20(19-16(2)10-9-11-17(19)3)28(14-12-25)22(31)18(15-29)27-23(32)33-24(4,5)6/h9-11,18,20,29H,7-8,13-15H2,1-6H3,(H,26,30)(H,27,32). The van der Waals surface area contributed by atoms with Crippen molar-refractivity contribution in [1.82, 2.24) is 15.5 Å². The van der Waals surface area contributed by atoms with E-state index in [9.17, 15) is 24.8 Å². The first-order valence-corrected chi connectivity index (χ1v) is 11.1. The number of nitriles is 1. The summed E-state index contributed by atoms with van der Waals surface area (Å²) in [5, 5.41) is 24.5. The van der Waals surface area contributed by atoms with E-state index in [2.05, 4.69) is 10.6 Å². The molecule has 3 N–H and O–H groups in total. The Bertz CT molecular complexity index is 852. The lowest BCUT2D eigenvalue weighted by atomic mass is 9.93. The van der Waals surface area contributed by atoms with Crippen molar-refractivity contribution in [3.63, 3.8) is 0 Å². The van der Waals surface area contributed by atoms with Crippen LogP contribution in [0.15, 0.2) is 18.2 Å². The van der Waals surface area contributed by atoms with Crippen LogP contribution in [0.3, 0.4) is 0 Å². The Labute approximate surface area is 196 Å². The summed E-state index contributed by atoms with van der Waals surface area (Å²) in [4.78, 5) is 40.0. The third kappa shape index (κ3) is 8.39. The Morgan fingerprint density at radius 1 is 1.21 bits per heavy atom. The van der Waals surface area contributed by atoms with Crippen LogP contribution in [0.1, 0.15) is 63.3 Å². The van der Waals surface area contributed by atoms with Gasteiger partial charge in [-0.1, -0.05) is 31.5 Å². The predicted molar refractivity (Wildman–Crippen MR) is 124 cm³/mol. The fraction of sp³-hybridized carbons (Fsp3) is 0.583. The average molecular weight is 461 g/mol. The molecular weight excluding hydrogens is 424 g/mol. The SMILES string of the molecule is CCCCNC(=O)C(c1c(C)cccc1C)N(CC#N)C(=O)C(CO)NC(=O)OC(C)(C)C. The molecule has 2 atom stereocenters. The highest BCUT2D eigenvalue weighted by molar-refractivity contribution is 5.92. The van der Waals surface area contributed by atoms with Crippen molar-refractivity contribution in [3.05, 3.63) is 34.9 Å². The normalized spacial score (nSPS) is 12.8. The number of alkyl carbamates (subject to hydrolysis) is 1. The summed E-state index contributed by atoms with van der Waals surface area (Å²) in [5.74, 6) is -1.19. The maximum atomic E-state index is 13.4. The summed E-state index contributed by atoms with van der Waals surface area (Å²) >= 11 is 0. The molecule has 33 heavy (non-hydrogen) atoms. The summed E-state index contributed by atoms with van der Waals surface area (Å²) in [6.45, 7) is 9.94.